The summed E-state index contributed by atoms with van der Waals surface area (Å²) in [6.07, 6.45) is 6.48. The zero-order valence-corrected chi connectivity index (χ0v) is 8.91. The van der Waals surface area contributed by atoms with Crippen molar-refractivity contribution in [3.05, 3.63) is 24.3 Å². The lowest BCUT2D eigenvalue weighted by molar-refractivity contribution is 0.346. The van der Waals surface area contributed by atoms with Crippen molar-refractivity contribution >= 4 is 0 Å². The summed E-state index contributed by atoms with van der Waals surface area (Å²) in [4.78, 5) is 8.37. The number of rotatable bonds is 2. The normalized spacial score (nSPS) is 14.2. The Morgan fingerprint density at radius 1 is 1.31 bits per heavy atom. The maximum atomic E-state index is 4.30. The van der Waals surface area contributed by atoms with Crippen LogP contribution in [-0.2, 0) is 0 Å². The van der Waals surface area contributed by atoms with E-state index in [2.05, 4.69) is 37.7 Å². The predicted molar refractivity (Wildman–Crippen MR) is 54.5 cm³/mol. The number of hydrogen-bond acceptors (Lipinski definition) is 2. The molecule has 2 nitrogen and oxygen atoms in total. The standard InChI is InChI=1S/C11H18N2/c1-9(7-11(2,3)4)10-8-12-5-6-13-10/h5-6,8-9H,7H2,1-4H3/t9-/m0/s1. The van der Waals surface area contributed by atoms with Crippen molar-refractivity contribution < 1.29 is 0 Å². The molecule has 0 aliphatic rings. The Labute approximate surface area is 80.4 Å². The monoisotopic (exact) mass is 178 g/mol. The van der Waals surface area contributed by atoms with Crippen LogP contribution < -0.4 is 0 Å². The second-order valence-corrected chi connectivity index (χ2v) is 4.80. The van der Waals surface area contributed by atoms with E-state index in [1.165, 1.54) is 0 Å². The van der Waals surface area contributed by atoms with Gasteiger partial charge in [-0.3, -0.25) is 9.97 Å². The zero-order valence-electron chi connectivity index (χ0n) is 8.91. The van der Waals surface area contributed by atoms with Gasteiger partial charge in [0.2, 0.25) is 0 Å². The fourth-order valence-electron chi connectivity index (χ4n) is 1.59. The van der Waals surface area contributed by atoms with E-state index in [4.69, 9.17) is 0 Å². The molecule has 0 aliphatic heterocycles. The molecular weight excluding hydrogens is 160 g/mol. The highest BCUT2D eigenvalue weighted by Crippen LogP contribution is 2.29. The van der Waals surface area contributed by atoms with Crippen molar-refractivity contribution in [2.75, 3.05) is 0 Å². The Kier molecular flexibility index (Phi) is 3.02. The lowest BCUT2D eigenvalue weighted by atomic mass is 9.84. The molecule has 1 heterocycles. The van der Waals surface area contributed by atoms with Gasteiger partial charge in [0.25, 0.3) is 0 Å². The average Bonchev–Trinajstić information content (AvgIpc) is 2.03. The Hall–Kier alpha value is -0.920. The summed E-state index contributed by atoms with van der Waals surface area (Å²) < 4.78 is 0. The van der Waals surface area contributed by atoms with Crippen LogP contribution >= 0.6 is 0 Å². The maximum absolute atomic E-state index is 4.30. The summed E-state index contributed by atoms with van der Waals surface area (Å²) in [5.74, 6) is 0.494. The molecule has 1 atom stereocenters. The van der Waals surface area contributed by atoms with Gasteiger partial charge >= 0.3 is 0 Å². The van der Waals surface area contributed by atoms with Gasteiger partial charge in [0.15, 0.2) is 0 Å². The van der Waals surface area contributed by atoms with E-state index in [0.717, 1.165) is 12.1 Å². The first kappa shape index (κ1) is 10.2. The van der Waals surface area contributed by atoms with Crippen molar-refractivity contribution in [3.8, 4) is 0 Å². The van der Waals surface area contributed by atoms with Crippen molar-refractivity contribution in [3.63, 3.8) is 0 Å². The third-order valence-corrected chi connectivity index (χ3v) is 2.01. The van der Waals surface area contributed by atoms with Crippen LogP contribution in [-0.4, -0.2) is 9.97 Å². The molecule has 0 N–H and O–H groups in total. The van der Waals surface area contributed by atoms with Gasteiger partial charge < -0.3 is 0 Å². The van der Waals surface area contributed by atoms with E-state index >= 15 is 0 Å². The van der Waals surface area contributed by atoms with Gasteiger partial charge in [-0.1, -0.05) is 27.7 Å². The Bertz CT molecular complexity index is 249. The first-order chi connectivity index (χ1) is 5.99. The lowest BCUT2D eigenvalue weighted by Crippen LogP contribution is -2.10. The van der Waals surface area contributed by atoms with Gasteiger partial charge in [-0.05, 0) is 11.8 Å². The summed E-state index contributed by atoms with van der Waals surface area (Å²) in [6.45, 7) is 8.95. The van der Waals surface area contributed by atoms with E-state index < -0.39 is 0 Å². The molecule has 0 fully saturated rings. The number of hydrogen-bond donors (Lipinski definition) is 0. The molecule has 0 amide bonds. The molecule has 1 aromatic heterocycles. The predicted octanol–water partition coefficient (Wildman–Crippen LogP) is 3.02. The zero-order chi connectivity index (χ0) is 9.90. The van der Waals surface area contributed by atoms with Crippen LogP contribution in [0.15, 0.2) is 18.6 Å². The van der Waals surface area contributed by atoms with E-state index in [-0.39, 0.29) is 0 Å². The Balaban J connectivity index is 2.64. The molecular formula is C11H18N2. The summed E-state index contributed by atoms with van der Waals surface area (Å²) in [5.41, 5.74) is 1.45. The second-order valence-electron chi connectivity index (χ2n) is 4.80. The lowest BCUT2D eigenvalue weighted by Gasteiger charge is -2.22. The van der Waals surface area contributed by atoms with E-state index in [0.29, 0.717) is 11.3 Å². The van der Waals surface area contributed by atoms with E-state index in [1.807, 2.05) is 6.20 Å². The minimum Gasteiger partial charge on any atom is -0.261 e. The third kappa shape index (κ3) is 3.53. The van der Waals surface area contributed by atoms with Gasteiger partial charge in [-0.15, -0.1) is 0 Å². The molecule has 13 heavy (non-hydrogen) atoms. The van der Waals surface area contributed by atoms with Gasteiger partial charge in [0.05, 0.1) is 5.69 Å². The first-order valence-electron chi connectivity index (χ1n) is 4.75. The van der Waals surface area contributed by atoms with E-state index in [9.17, 15) is 0 Å². The molecule has 0 aliphatic carbocycles. The number of aromatic nitrogens is 2. The van der Waals surface area contributed by atoms with Gasteiger partial charge in [-0.2, -0.15) is 0 Å². The van der Waals surface area contributed by atoms with Gasteiger partial charge in [0.1, 0.15) is 0 Å². The van der Waals surface area contributed by atoms with Crippen molar-refractivity contribution in [2.24, 2.45) is 5.41 Å². The molecule has 0 saturated heterocycles. The fourth-order valence-corrected chi connectivity index (χ4v) is 1.59. The van der Waals surface area contributed by atoms with Crippen LogP contribution in [0.3, 0.4) is 0 Å². The Morgan fingerprint density at radius 2 is 2.00 bits per heavy atom. The average molecular weight is 178 g/mol. The molecule has 1 aromatic rings. The van der Waals surface area contributed by atoms with Crippen LogP contribution in [0.4, 0.5) is 0 Å². The summed E-state index contributed by atoms with van der Waals surface area (Å²) in [5, 5.41) is 0. The van der Waals surface area contributed by atoms with Crippen LogP contribution in [0, 0.1) is 5.41 Å². The molecule has 0 radical (unpaired) electrons. The minimum atomic E-state index is 0.358. The quantitative estimate of drug-likeness (QED) is 0.695. The SMILES string of the molecule is C[C@@H](CC(C)(C)C)c1cnccn1. The second kappa shape index (κ2) is 3.86. The molecule has 0 unspecified atom stereocenters. The van der Waals surface area contributed by atoms with Crippen molar-refractivity contribution in [1.82, 2.24) is 9.97 Å². The summed E-state index contributed by atoms with van der Waals surface area (Å²) >= 11 is 0. The molecule has 0 bridgehead atoms. The Morgan fingerprint density at radius 3 is 2.46 bits per heavy atom. The van der Waals surface area contributed by atoms with Crippen LogP contribution in [0.5, 0.6) is 0 Å². The van der Waals surface area contributed by atoms with Gasteiger partial charge in [0, 0.05) is 24.5 Å². The number of nitrogens with zero attached hydrogens (tertiary/aromatic N) is 2. The van der Waals surface area contributed by atoms with Crippen LogP contribution in [0.2, 0.25) is 0 Å². The highest BCUT2D eigenvalue weighted by atomic mass is 14.8. The molecule has 0 aromatic carbocycles. The minimum absolute atomic E-state index is 0.358. The smallest absolute Gasteiger partial charge is 0.0614 e. The van der Waals surface area contributed by atoms with Crippen LogP contribution in [0.1, 0.15) is 45.7 Å². The van der Waals surface area contributed by atoms with Crippen molar-refractivity contribution in [2.45, 2.75) is 40.0 Å². The van der Waals surface area contributed by atoms with Gasteiger partial charge in [-0.25, -0.2) is 0 Å². The third-order valence-electron chi connectivity index (χ3n) is 2.01. The van der Waals surface area contributed by atoms with Crippen LogP contribution in [0.25, 0.3) is 0 Å². The fraction of sp³-hybridized carbons (Fsp3) is 0.636. The highest BCUT2D eigenvalue weighted by molar-refractivity contribution is 5.02. The molecule has 1 rings (SSSR count). The topological polar surface area (TPSA) is 25.8 Å². The largest absolute Gasteiger partial charge is 0.261 e. The maximum Gasteiger partial charge on any atom is 0.0614 e. The van der Waals surface area contributed by atoms with Crippen molar-refractivity contribution in [1.29, 1.82) is 0 Å². The summed E-state index contributed by atoms with van der Waals surface area (Å²) in [6, 6.07) is 0. The molecule has 0 saturated carbocycles. The van der Waals surface area contributed by atoms with E-state index in [1.54, 1.807) is 12.4 Å². The summed E-state index contributed by atoms with van der Waals surface area (Å²) in [7, 11) is 0. The molecule has 2 heteroatoms. The highest BCUT2D eigenvalue weighted by Gasteiger charge is 2.17. The molecule has 0 spiro atoms. The molecule has 72 valence electrons. The first-order valence-corrected chi connectivity index (χ1v) is 4.75.